The van der Waals surface area contributed by atoms with E-state index in [-0.39, 0.29) is 22.4 Å². The van der Waals surface area contributed by atoms with Crippen molar-refractivity contribution in [1.29, 1.82) is 0 Å². The van der Waals surface area contributed by atoms with Crippen molar-refractivity contribution in [2.75, 3.05) is 6.54 Å². The van der Waals surface area contributed by atoms with Gasteiger partial charge in [0.15, 0.2) is 0 Å². The fraction of sp³-hybridized carbons (Fsp3) is 0.318. The summed E-state index contributed by atoms with van der Waals surface area (Å²) in [5.74, 6) is -0.409. The Balaban J connectivity index is 2.31. The van der Waals surface area contributed by atoms with E-state index in [0.717, 1.165) is 0 Å². The lowest BCUT2D eigenvalue weighted by Crippen LogP contribution is -2.39. The summed E-state index contributed by atoms with van der Waals surface area (Å²) in [7, 11) is 0. The summed E-state index contributed by atoms with van der Waals surface area (Å²) in [4.78, 5) is 32.5. The van der Waals surface area contributed by atoms with Crippen molar-refractivity contribution in [3.05, 3.63) is 69.5 Å². The maximum Gasteiger partial charge on any atom is 0.266 e. The molecule has 0 saturated carbocycles. The number of hydrogen-bond acceptors (Lipinski definition) is 3. The lowest BCUT2D eigenvalue weighted by Gasteiger charge is -2.30. The standard InChI is InChI=1S/C22H23ClFN3O2/c1-5-26(21(28)13(2)3)14(4)20-25-19-9-7-6-8-16(19)22(29)27(20)15-10-11-18(24)17(23)12-15/h6-14H,5H2,1-4H3. The zero-order valence-electron chi connectivity index (χ0n) is 16.8. The average Bonchev–Trinajstić information content (AvgIpc) is 2.70. The Morgan fingerprint density at radius 2 is 1.90 bits per heavy atom. The summed E-state index contributed by atoms with van der Waals surface area (Å²) in [5, 5.41) is 0.342. The van der Waals surface area contributed by atoms with Crippen LogP contribution >= 0.6 is 11.6 Å². The summed E-state index contributed by atoms with van der Waals surface area (Å²) in [5.41, 5.74) is 0.639. The molecule has 1 unspecified atom stereocenters. The molecule has 0 aliphatic rings. The van der Waals surface area contributed by atoms with Crippen LogP contribution in [0.5, 0.6) is 0 Å². The fourth-order valence-corrected chi connectivity index (χ4v) is 3.57. The smallest absolute Gasteiger partial charge is 0.266 e. The number of amides is 1. The van der Waals surface area contributed by atoms with Crippen LogP contribution < -0.4 is 5.56 Å². The number of hydrogen-bond donors (Lipinski definition) is 0. The van der Waals surface area contributed by atoms with E-state index in [9.17, 15) is 14.0 Å². The van der Waals surface area contributed by atoms with Gasteiger partial charge in [0.2, 0.25) is 5.91 Å². The highest BCUT2D eigenvalue weighted by Gasteiger charge is 2.27. The molecule has 1 amide bonds. The van der Waals surface area contributed by atoms with Gasteiger partial charge in [0, 0.05) is 12.5 Å². The largest absolute Gasteiger partial charge is 0.333 e. The lowest BCUT2D eigenvalue weighted by atomic mass is 10.1. The Bertz CT molecular complexity index is 1130. The topological polar surface area (TPSA) is 55.2 Å². The molecule has 0 spiro atoms. The number of halogens is 2. The van der Waals surface area contributed by atoms with Crippen LogP contribution in [-0.2, 0) is 4.79 Å². The summed E-state index contributed by atoms with van der Waals surface area (Å²) in [6, 6.07) is 10.6. The number of fused-ring (bicyclic) bond motifs is 1. The van der Waals surface area contributed by atoms with Gasteiger partial charge in [-0.3, -0.25) is 14.2 Å². The number of nitrogens with zero attached hydrogens (tertiary/aromatic N) is 3. The molecule has 0 aliphatic heterocycles. The molecule has 1 aromatic heterocycles. The minimum absolute atomic E-state index is 0.0360. The van der Waals surface area contributed by atoms with Crippen molar-refractivity contribution in [3.63, 3.8) is 0 Å². The van der Waals surface area contributed by atoms with E-state index in [1.165, 1.54) is 22.8 Å². The minimum atomic E-state index is -0.572. The maximum atomic E-state index is 13.7. The first-order valence-corrected chi connectivity index (χ1v) is 9.91. The average molecular weight is 416 g/mol. The Morgan fingerprint density at radius 3 is 2.52 bits per heavy atom. The van der Waals surface area contributed by atoms with Gasteiger partial charge in [-0.05, 0) is 44.2 Å². The summed E-state index contributed by atoms with van der Waals surface area (Å²) in [6.07, 6.45) is 0. The molecule has 1 heterocycles. The van der Waals surface area contributed by atoms with Crippen molar-refractivity contribution in [3.8, 4) is 5.69 Å². The summed E-state index contributed by atoms with van der Waals surface area (Å²) >= 11 is 5.97. The molecule has 5 nitrogen and oxygen atoms in total. The van der Waals surface area contributed by atoms with E-state index in [1.807, 2.05) is 27.7 Å². The van der Waals surface area contributed by atoms with Gasteiger partial charge in [-0.25, -0.2) is 9.37 Å². The van der Waals surface area contributed by atoms with Gasteiger partial charge in [0.25, 0.3) is 5.56 Å². The van der Waals surface area contributed by atoms with E-state index >= 15 is 0 Å². The second kappa shape index (κ2) is 8.33. The molecular weight excluding hydrogens is 393 g/mol. The van der Waals surface area contributed by atoms with Crippen molar-refractivity contribution in [2.45, 2.75) is 33.7 Å². The van der Waals surface area contributed by atoms with Crippen LogP contribution in [0.1, 0.15) is 39.6 Å². The first kappa shape index (κ1) is 21.0. The number of aromatic nitrogens is 2. The molecule has 2 aromatic carbocycles. The summed E-state index contributed by atoms with van der Waals surface area (Å²) < 4.78 is 15.1. The van der Waals surface area contributed by atoms with Gasteiger partial charge in [-0.15, -0.1) is 0 Å². The second-order valence-corrected chi connectivity index (χ2v) is 7.59. The van der Waals surface area contributed by atoms with Crippen LogP contribution in [0.15, 0.2) is 47.3 Å². The van der Waals surface area contributed by atoms with Gasteiger partial charge >= 0.3 is 0 Å². The van der Waals surface area contributed by atoms with Gasteiger partial charge in [-0.1, -0.05) is 37.6 Å². The Hall–Kier alpha value is -2.73. The quantitative estimate of drug-likeness (QED) is 0.604. The molecule has 7 heteroatoms. The lowest BCUT2D eigenvalue weighted by molar-refractivity contribution is -0.136. The molecule has 0 N–H and O–H groups in total. The molecule has 0 aliphatic carbocycles. The SMILES string of the molecule is CCN(C(=O)C(C)C)C(C)c1nc2ccccc2c(=O)n1-c1ccc(F)c(Cl)c1. The number of carbonyl (C=O) groups is 1. The van der Waals surface area contributed by atoms with Crippen LogP contribution in [-0.4, -0.2) is 26.9 Å². The fourth-order valence-electron chi connectivity index (χ4n) is 3.40. The van der Waals surface area contributed by atoms with Crippen LogP contribution in [0.4, 0.5) is 4.39 Å². The Morgan fingerprint density at radius 1 is 1.21 bits per heavy atom. The molecule has 152 valence electrons. The molecule has 0 bridgehead atoms. The molecule has 0 radical (unpaired) electrons. The predicted octanol–water partition coefficient (Wildman–Crippen LogP) is 4.74. The van der Waals surface area contributed by atoms with E-state index < -0.39 is 11.9 Å². The zero-order chi connectivity index (χ0) is 21.3. The van der Waals surface area contributed by atoms with Crippen molar-refractivity contribution in [2.24, 2.45) is 5.92 Å². The van der Waals surface area contributed by atoms with Gasteiger partial charge in [0.1, 0.15) is 11.6 Å². The normalized spacial score (nSPS) is 12.4. The van der Waals surface area contributed by atoms with Crippen LogP contribution in [0.3, 0.4) is 0 Å². The molecule has 1 atom stereocenters. The maximum absolute atomic E-state index is 13.7. The summed E-state index contributed by atoms with van der Waals surface area (Å²) in [6.45, 7) is 7.85. The van der Waals surface area contributed by atoms with Gasteiger partial charge < -0.3 is 4.90 Å². The molecular formula is C22H23ClFN3O2. The molecule has 29 heavy (non-hydrogen) atoms. The minimum Gasteiger partial charge on any atom is -0.333 e. The third kappa shape index (κ3) is 3.90. The third-order valence-electron chi connectivity index (χ3n) is 4.92. The molecule has 0 saturated heterocycles. The Labute approximate surface area is 173 Å². The number of carbonyl (C=O) groups excluding carboxylic acids is 1. The monoisotopic (exact) mass is 415 g/mol. The zero-order valence-corrected chi connectivity index (χ0v) is 17.6. The number of para-hydroxylation sites is 1. The van der Waals surface area contributed by atoms with Crippen molar-refractivity contribution >= 4 is 28.4 Å². The highest BCUT2D eigenvalue weighted by atomic mass is 35.5. The van der Waals surface area contributed by atoms with Crippen molar-refractivity contribution < 1.29 is 9.18 Å². The molecule has 0 fully saturated rings. The second-order valence-electron chi connectivity index (χ2n) is 7.18. The van der Waals surface area contributed by atoms with Crippen LogP contribution in [0, 0.1) is 11.7 Å². The Kier molecular flexibility index (Phi) is 6.03. The van der Waals surface area contributed by atoms with E-state index in [4.69, 9.17) is 16.6 Å². The van der Waals surface area contributed by atoms with E-state index in [1.54, 1.807) is 29.2 Å². The van der Waals surface area contributed by atoms with Crippen LogP contribution in [0.25, 0.3) is 16.6 Å². The van der Waals surface area contributed by atoms with Crippen LogP contribution in [0.2, 0.25) is 5.02 Å². The first-order chi connectivity index (χ1) is 13.8. The van der Waals surface area contributed by atoms with E-state index in [0.29, 0.717) is 29.0 Å². The van der Waals surface area contributed by atoms with Crippen molar-refractivity contribution in [1.82, 2.24) is 14.5 Å². The highest BCUT2D eigenvalue weighted by Crippen LogP contribution is 2.26. The van der Waals surface area contributed by atoms with Gasteiger partial charge in [-0.2, -0.15) is 0 Å². The number of benzene rings is 2. The van der Waals surface area contributed by atoms with E-state index in [2.05, 4.69) is 0 Å². The number of rotatable bonds is 5. The molecule has 3 aromatic rings. The first-order valence-electron chi connectivity index (χ1n) is 9.53. The highest BCUT2D eigenvalue weighted by molar-refractivity contribution is 6.30. The third-order valence-corrected chi connectivity index (χ3v) is 5.21. The van der Waals surface area contributed by atoms with Gasteiger partial charge in [0.05, 0.1) is 27.7 Å². The molecule has 3 rings (SSSR count). The predicted molar refractivity (Wildman–Crippen MR) is 113 cm³/mol.